The van der Waals surface area contributed by atoms with Crippen LogP contribution >= 0.6 is 46.4 Å². The van der Waals surface area contributed by atoms with Crippen molar-refractivity contribution in [1.29, 1.82) is 0 Å². The van der Waals surface area contributed by atoms with Gasteiger partial charge >= 0.3 is 10.5 Å². The van der Waals surface area contributed by atoms with Crippen molar-refractivity contribution in [1.82, 2.24) is 19.6 Å². The fraction of sp³-hybridized carbons (Fsp3) is 0.776. The van der Waals surface area contributed by atoms with E-state index in [1.165, 1.54) is 13.0 Å². The quantitative estimate of drug-likeness (QED) is 0.0419. The summed E-state index contributed by atoms with van der Waals surface area (Å²) in [5.74, 6) is 0.909. The Morgan fingerprint density at radius 1 is 0.391 bits per heavy atom. The molecule has 5 heterocycles. The van der Waals surface area contributed by atoms with Gasteiger partial charge in [0.15, 0.2) is 17.3 Å². The predicted molar refractivity (Wildman–Crippen MR) is 389 cm³/mol. The van der Waals surface area contributed by atoms with E-state index in [1.54, 1.807) is 0 Å². The van der Waals surface area contributed by atoms with Crippen LogP contribution in [0.1, 0.15) is 287 Å². The lowest BCUT2D eigenvalue weighted by atomic mass is 9.69. The van der Waals surface area contributed by atoms with Gasteiger partial charge in [-0.05, 0) is 209 Å². The Morgan fingerprint density at radius 2 is 0.674 bits per heavy atom. The number of carbonyl (C=O) groups is 7. The van der Waals surface area contributed by atoms with E-state index in [-0.39, 0.29) is 60.1 Å². The highest BCUT2D eigenvalue weighted by molar-refractivity contribution is 6.97. The third kappa shape index (κ3) is 32.2. The topological polar surface area (TPSA) is 132 Å². The summed E-state index contributed by atoms with van der Waals surface area (Å²) in [7, 11) is 4.36. The summed E-state index contributed by atoms with van der Waals surface area (Å²) >= 11 is 19.4. The second-order valence-electron chi connectivity index (χ2n) is 34.4. The molecule has 92 heavy (non-hydrogen) atoms. The number of hydrogen-bond donors (Lipinski definition) is 0. The van der Waals surface area contributed by atoms with E-state index >= 15 is 0 Å². The maximum Gasteiger partial charge on any atom is 0.304 e. The molecule has 0 aromatic rings. The molecule has 0 fully saturated rings. The third-order valence-corrected chi connectivity index (χ3v) is 19.8. The van der Waals surface area contributed by atoms with Crippen molar-refractivity contribution in [2.45, 2.75) is 309 Å². The minimum absolute atomic E-state index is 0.00361. The maximum absolute atomic E-state index is 13.7. The van der Waals surface area contributed by atoms with Crippen molar-refractivity contribution in [2.24, 2.45) is 27.1 Å². The van der Waals surface area contributed by atoms with Gasteiger partial charge in [-0.15, -0.1) is 0 Å². The molecule has 0 amide bonds. The molecule has 0 saturated carbocycles. The molecule has 0 unspecified atom stereocenters. The molecular weight excluding hydrogens is 1240 g/mol. The lowest BCUT2D eigenvalue weighted by molar-refractivity contribution is -0.842. The highest BCUT2D eigenvalue weighted by Crippen LogP contribution is 2.45. The van der Waals surface area contributed by atoms with Gasteiger partial charge in [-0.2, -0.15) is 0 Å². The van der Waals surface area contributed by atoms with Gasteiger partial charge in [-0.1, -0.05) is 127 Å². The van der Waals surface area contributed by atoms with Crippen molar-refractivity contribution >= 4 is 84.7 Å². The predicted octanol–water partition coefficient (Wildman–Crippen LogP) is 19.6. The van der Waals surface area contributed by atoms with Gasteiger partial charge in [-0.3, -0.25) is 33.6 Å². The molecule has 0 spiro atoms. The van der Waals surface area contributed by atoms with Gasteiger partial charge < -0.3 is 24.1 Å². The number of ketones is 3. The number of rotatable bonds is 23. The van der Waals surface area contributed by atoms with E-state index in [9.17, 15) is 33.6 Å². The minimum atomic E-state index is -1.14. The number of unbranched alkanes of at least 4 members (excludes halogenated alkanes) is 10. The molecule has 0 aliphatic carbocycles. The van der Waals surface area contributed by atoms with Crippen LogP contribution in [-0.2, 0) is 33.6 Å². The van der Waals surface area contributed by atoms with Crippen LogP contribution in [0.2, 0.25) is 0 Å². The summed E-state index contributed by atoms with van der Waals surface area (Å²) in [6, 6.07) is 0. The van der Waals surface area contributed by atoms with Crippen molar-refractivity contribution in [3.63, 3.8) is 0 Å². The first kappa shape index (κ1) is 86.7. The van der Waals surface area contributed by atoms with Crippen LogP contribution in [0.4, 0.5) is 0 Å². The van der Waals surface area contributed by atoms with Crippen molar-refractivity contribution in [2.75, 3.05) is 46.8 Å². The highest BCUT2D eigenvalue weighted by atomic mass is 35.5. The number of quaternary nitrogens is 1. The normalized spacial score (nSPS) is 19.7. The average molecular weight is 1370 g/mol. The lowest BCUT2D eigenvalue weighted by Crippen LogP contribution is -2.47. The Bertz CT molecular complexity index is 2530. The first-order chi connectivity index (χ1) is 41.7. The van der Waals surface area contributed by atoms with Crippen molar-refractivity contribution < 1.29 is 38.0 Å². The van der Waals surface area contributed by atoms with E-state index in [4.69, 9.17) is 23.2 Å². The first-order valence-corrected chi connectivity index (χ1v) is 36.1. The van der Waals surface area contributed by atoms with Gasteiger partial charge in [0, 0.05) is 121 Å². The van der Waals surface area contributed by atoms with E-state index in [2.05, 4.69) is 246 Å². The smallest absolute Gasteiger partial charge is 0.304 e. The molecule has 5 rings (SSSR count). The molecule has 528 valence electrons. The molecule has 0 aromatic heterocycles. The zero-order valence-electron chi connectivity index (χ0n) is 62.5. The largest absolute Gasteiger partial charge is 0.373 e. The Labute approximate surface area is 581 Å². The van der Waals surface area contributed by atoms with Crippen LogP contribution in [-0.4, -0.2) is 131 Å². The zero-order chi connectivity index (χ0) is 71.3. The van der Waals surface area contributed by atoms with Crippen LogP contribution in [0.5, 0.6) is 0 Å². The molecule has 0 atom stereocenters. The van der Waals surface area contributed by atoms with Gasteiger partial charge in [0.2, 0.25) is 10.5 Å². The number of nitrogens with zero attached hydrogens (tertiary/aromatic N) is 5. The van der Waals surface area contributed by atoms with E-state index in [1.807, 2.05) is 0 Å². The fourth-order valence-corrected chi connectivity index (χ4v) is 11.9. The molecule has 0 saturated heterocycles. The summed E-state index contributed by atoms with van der Waals surface area (Å²) in [5, 5.41) is -2.79. The van der Waals surface area contributed by atoms with Crippen LogP contribution in [0.15, 0.2) is 59.4 Å². The molecule has 0 bridgehead atoms. The fourth-order valence-electron chi connectivity index (χ4n) is 11.6. The van der Waals surface area contributed by atoms with Crippen LogP contribution in [0, 0.1) is 27.1 Å². The second-order valence-corrected chi connectivity index (χ2v) is 35.9. The molecule has 0 aromatic carbocycles. The summed E-state index contributed by atoms with van der Waals surface area (Å²) < 4.78 is 0.811. The van der Waals surface area contributed by atoms with E-state index in [0.717, 1.165) is 156 Å². The second kappa shape index (κ2) is 36.9. The molecule has 5 aliphatic rings. The molecule has 0 radical (unpaired) electrons. The molecule has 5 aliphatic heterocycles. The zero-order valence-corrected chi connectivity index (χ0v) is 65.5. The van der Waals surface area contributed by atoms with Crippen LogP contribution < -0.4 is 0 Å². The Balaban J connectivity index is 0.000000638. The minimum Gasteiger partial charge on any atom is -0.373 e. The van der Waals surface area contributed by atoms with Crippen LogP contribution in [0.3, 0.4) is 0 Å². The Kier molecular flexibility index (Phi) is 34.8. The van der Waals surface area contributed by atoms with Crippen molar-refractivity contribution in [3.05, 3.63) is 59.4 Å². The molecule has 0 N–H and O–H groups in total. The van der Waals surface area contributed by atoms with Gasteiger partial charge in [-0.25, -0.2) is 0 Å². The number of allylic oxidation sites excluding steroid dienone is 5. The Hall–Kier alpha value is -3.29. The summed E-state index contributed by atoms with van der Waals surface area (Å²) in [6.07, 6.45) is 33.3. The molecule has 12 nitrogen and oxygen atoms in total. The molecular formula is C76H130Cl4N5O7+. The monoisotopic (exact) mass is 1360 g/mol. The first-order valence-electron chi connectivity index (χ1n) is 34.6. The Morgan fingerprint density at radius 3 is 0.978 bits per heavy atom. The van der Waals surface area contributed by atoms with E-state index < -0.39 is 10.5 Å². The number of Topliss-reactive ketones (excluding diaryl/α,β-unsaturated/α-hetero) is 3. The number of hydrogen-bond acceptors (Lipinski definition) is 11. The lowest BCUT2D eigenvalue weighted by Gasteiger charge is -2.46. The SMILES string of the molecule is CC1(C)C=CN(C(C)(C)C)CC1.CC1(C)CCN(C(C)(C)C)C=C1C(=O)C1=CN(C(C)(C)C)CCC1(C)C.CC1(C)CCN(C(C)(C)C)C=C1C(=O)CCCCCCCCC(=O)C1=C[N+](C)(C)CCC1(C)C.O=C(Cl)C(=O)Cl.O=C(Cl)CCCCCCCCC(=O)Cl. The van der Waals surface area contributed by atoms with E-state index in [0.29, 0.717) is 42.7 Å². The van der Waals surface area contributed by atoms with Gasteiger partial charge in [0.1, 0.15) is 6.20 Å². The van der Waals surface area contributed by atoms with Crippen molar-refractivity contribution in [3.8, 4) is 0 Å². The highest BCUT2D eigenvalue weighted by Gasteiger charge is 2.43. The maximum atomic E-state index is 13.7. The summed E-state index contributed by atoms with van der Waals surface area (Å²) in [6.45, 7) is 54.3. The van der Waals surface area contributed by atoms with Gasteiger partial charge in [0.25, 0.3) is 0 Å². The van der Waals surface area contributed by atoms with Crippen LogP contribution in [0.25, 0.3) is 0 Å². The number of carbonyl (C=O) groups excluding carboxylic acids is 7. The summed E-state index contributed by atoms with van der Waals surface area (Å²) in [5.41, 5.74) is 4.61. The third-order valence-electron chi connectivity index (χ3n) is 18.9. The average Bonchev–Trinajstić information content (AvgIpc) is 0.776. The van der Waals surface area contributed by atoms with Gasteiger partial charge in [0.05, 0.1) is 26.2 Å². The molecule has 16 heteroatoms. The standard InChI is InChI=1S/C30H53N2O2.C23H40N2O.C11H21N.C10H16Cl2O2.C2Cl2O2/c1-28(2,3)31-20-18-29(4,5)24(22-31)26(33)16-14-12-10-11-13-15-17-27(34)25-23-32(8,9)21-19-30(25,6)7;1-20(2,3)24-13-11-22(7,8)17(15-24)19(26)18-16-25(21(4,5)6)14-12-23(18,9)10;1-10(2,3)12-8-6-11(4,5)7-9-12;11-9(13)7-5-3-1-2-4-6-8-10(12)14;3-1(5)2(4)6/h22-23H,10-21H2,1-9H3;15-16H,11-14H2,1-10H3;6,8H,7,9H2,1-5H3;1-8H2;/q+1;;;;. The summed E-state index contributed by atoms with van der Waals surface area (Å²) in [4.78, 5) is 88.6. The number of halogens is 4.